The first-order valence-corrected chi connectivity index (χ1v) is 7.38. The molecule has 2 heterocycles. The van der Waals surface area contributed by atoms with Crippen LogP contribution in [-0.2, 0) is 6.42 Å². The van der Waals surface area contributed by atoms with Crippen LogP contribution in [0.2, 0.25) is 0 Å². The number of ether oxygens (including phenoxy) is 1. The van der Waals surface area contributed by atoms with Crippen LogP contribution in [0.5, 0.6) is 5.75 Å². The lowest BCUT2D eigenvalue weighted by Crippen LogP contribution is -2.40. The van der Waals surface area contributed by atoms with Crippen molar-refractivity contribution in [3.05, 3.63) is 48.3 Å². The van der Waals surface area contributed by atoms with Crippen molar-refractivity contribution in [3.8, 4) is 5.75 Å². The van der Waals surface area contributed by atoms with Crippen molar-refractivity contribution in [2.75, 3.05) is 19.3 Å². The lowest BCUT2D eigenvalue weighted by molar-refractivity contribution is 0.261. The smallest absolute Gasteiger partial charge is 0.153 e. The summed E-state index contributed by atoms with van der Waals surface area (Å²) >= 11 is 0. The molecule has 0 bridgehead atoms. The molecule has 5 heteroatoms. The van der Waals surface area contributed by atoms with Gasteiger partial charge in [-0.05, 0) is 43.2 Å². The number of nitrogens with two attached hydrogens (primary N) is 1. The van der Waals surface area contributed by atoms with Crippen LogP contribution >= 0.6 is 0 Å². The Morgan fingerprint density at radius 2 is 2.00 bits per heavy atom. The summed E-state index contributed by atoms with van der Waals surface area (Å²) in [4.78, 5) is 10.9. The Morgan fingerprint density at radius 1 is 1.23 bits per heavy atom. The predicted molar refractivity (Wildman–Crippen MR) is 88.6 cm³/mol. The van der Waals surface area contributed by atoms with E-state index in [9.17, 15) is 0 Å². The Kier molecular flexibility index (Phi) is 3.96. The third kappa shape index (κ3) is 3.03. The van der Waals surface area contributed by atoms with E-state index in [4.69, 9.17) is 15.5 Å². The van der Waals surface area contributed by atoms with Gasteiger partial charge in [-0.15, -0.1) is 0 Å². The van der Waals surface area contributed by atoms with E-state index in [1.54, 1.807) is 0 Å². The van der Waals surface area contributed by atoms with Crippen molar-refractivity contribution in [1.29, 1.82) is 0 Å². The number of rotatable bonds is 3. The van der Waals surface area contributed by atoms with Gasteiger partial charge in [0.05, 0.1) is 0 Å². The normalized spacial score (nSPS) is 16.5. The molecule has 22 heavy (non-hydrogen) atoms. The summed E-state index contributed by atoms with van der Waals surface area (Å²) in [7, 11) is 2.04. The minimum Gasteiger partial charge on any atom is -0.480 e. The van der Waals surface area contributed by atoms with Crippen molar-refractivity contribution in [1.82, 2.24) is 9.88 Å². The van der Waals surface area contributed by atoms with E-state index in [0.29, 0.717) is 5.69 Å². The van der Waals surface area contributed by atoms with Gasteiger partial charge in [0.2, 0.25) is 0 Å². The van der Waals surface area contributed by atoms with Crippen LogP contribution in [0.1, 0.15) is 12.5 Å². The standard InChI is InChI=1S/C17H20N4O/c1-12-17(20-15-4-3-14(18)11-16(15)22-12)21(2)10-7-13-5-8-19-9-6-13/h3-6,8-9,11-12H,7,10,18H2,1-2H3. The van der Waals surface area contributed by atoms with Gasteiger partial charge in [0.15, 0.2) is 6.10 Å². The number of likely N-dealkylation sites (N-methyl/N-ethyl adjacent to an activating group) is 1. The fourth-order valence-corrected chi connectivity index (χ4v) is 2.53. The molecule has 0 radical (unpaired) electrons. The molecule has 3 rings (SSSR count). The van der Waals surface area contributed by atoms with Crippen molar-refractivity contribution < 1.29 is 4.74 Å². The Balaban J connectivity index is 1.74. The molecule has 1 aromatic heterocycles. The molecule has 0 saturated heterocycles. The van der Waals surface area contributed by atoms with Crippen LogP contribution in [0.25, 0.3) is 0 Å². The van der Waals surface area contributed by atoms with Gasteiger partial charge in [0.25, 0.3) is 0 Å². The Hall–Kier alpha value is -2.56. The lowest BCUT2D eigenvalue weighted by Gasteiger charge is -2.30. The molecule has 0 spiro atoms. The number of fused-ring (bicyclic) bond motifs is 1. The van der Waals surface area contributed by atoms with Gasteiger partial charge in [-0.25, -0.2) is 4.99 Å². The SMILES string of the molecule is CC1Oc2cc(N)ccc2N=C1N(C)CCc1ccncc1. The van der Waals surface area contributed by atoms with Gasteiger partial charge in [-0.3, -0.25) is 4.98 Å². The van der Waals surface area contributed by atoms with E-state index in [2.05, 4.69) is 9.88 Å². The second kappa shape index (κ2) is 6.05. The zero-order chi connectivity index (χ0) is 15.5. The molecule has 0 saturated carbocycles. The summed E-state index contributed by atoms with van der Waals surface area (Å²) in [5.74, 6) is 1.69. The average molecular weight is 296 g/mol. The number of hydrogen-bond acceptors (Lipinski definition) is 5. The topological polar surface area (TPSA) is 63.7 Å². The molecule has 0 amide bonds. The lowest BCUT2D eigenvalue weighted by atomic mass is 10.1. The summed E-state index contributed by atoms with van der Waals surface area (Å²) in [6.07, 6.45) is 4.50. The highest BCUT2D eigenvalue weighted by molar-refractivity contribution is 5.91. The zero-order valence-corrected chi connectivity index (χ0v) is 12.9. The molecule has 1 atom stereocenters. The van der Waals surface area contributed by atoms with Gasteiger partial charge in [-0.2, -0.15) is 0 Å². The summed E-state index contributed by atoms with van der Waals surface area (Å²) in [5.41, 5.74) is 8.58. The second-order valence-electron chi connectivity index (χ2n) is 5.48. The molecule has 0 aliphatic carbocycles. The molecule has 5 nitrogen and oxygen atoms in total. The third-order valence-corrected chi connectivity index (χ3v) is 3.76. The summed E-state index contributed by atoms with van der Waals surface area (Å²) in [6.45, 7) is 2.88. The maximum absolute atomic E-state index is 5.94. The highest BCUT2D eigenvalue weighted by atomic mass is 16.5. The maximum Gasteiger partial charge on any atom is 0.153 e. The molecular formula is C17H20N4O. The van der Waals surface area contributed by atoms with Gasteiger partial charge in [0.1, 0.15) is 17.3 Å². The maximum atomic E-state index is 5.94. The number of benzene rings is 1. The van der Waals surface area contributed by atoms with Crippen molar-refractivity contribution in [2.24, 2.45) is 4.99 Å². The van der Waals surface area contributed by atoms with E-state index in [1.165, 1.54) is 5.56 Å². The number of aromatic nitrogens is 1. The molecule has 2 aromatic rings. The highest BCUT2D eigenvalue weighted by Crippen LogP contribution is 2.34. The van der Waals surface area contributed by atoms with E-state index < -0.39 is 0 Å². The minimum atomic E-state index is -0.0864. The monoisotopic (exact) mass is 296 g/mol. The molecule has 114 valence electrons. The Labute approximate surface area is 130 Å². The fourth-order valence-electron chi connectivity index (χ4n) is 2.53. The van der Waals surface area contributed by atoms with E-state index in [0.717, 1.165) is 30.2 Å². The van der Waals surface area contributed by atoms with Gasteiger partial charge < -0.3 is 15.4 Å². The summed E-state index contributed by atoms with van der Waals surface area (Å²) in [5, 5.41) is 0. The number of nitrogens with zero attached hydrogens (tertiary/aromatic N) is 3. The van der Waals surface area contributed by atoms with Crippen molar-refractivity contribution in [2.45, 2.75) is 19.4 Å². The molecule has 1 aliphatic rings. The van der Waals surface area contributed by atoms with Gasteiger partial charge >= 0.3 is 0 Å². The predicted octanol–water partition coefficient (Wildman–Crippen LogP) is 2.65. The second-order valence-corrected chi connectivity index (χ2v) is 5.48. The first-order valence-electron chi connectivity index (χ1n) is 7.38. The summed E-state index contributed by atoms with van der Waals surface area (Å²) < 4.78 is 5.94. The largest absolute Gasteiger partial charge is 0.480 e. The first kappa shape index (κ1) is 14.4. The average Bonchev–Trinajstić information content (AvgIpc) is 2.53. The van der Waals surface area contributed by atoms with Crippen molar-refractivity contribution >= 4 is 17.2 Å². The van der Waals surface area contributed by atoms with Crippen LogP contribution in [0.4, 0.5) is 11.4 Å². The number of amidine groups is 1. The number of aliphatic imine (C=N–C) groups is 1. The van der Waals surface area contributed by atoms with E-state index >= 15 is 0 Å². The fraction of sp³-hybridized carbons (Fsp3) is 0.294. The highest BCUT2D eigenvalue weighted by Gasteiger charge is 2.23. The van der Waals surface area contributed by atoms with Crippen LogP contribution in [0, 0.1) is 0 Å². The molecule has 1 unspecified atom stereocenters. The molecular weight excluding hydrogens is 276 g/mol. The third-order valence-electron chi connectivity index (χ3n) is 3.76. The first-order chi connectivity index (χ1) is 10.6. The van der Waals surface area contributed by atoms with Crippen LogP contribution in [0.3, 0.4) is 0 Å². The Bertz CT molecular complexity index is 684. The Morgan fingerprint density at radius 3 is 2.77 bits per heavy atom. The van der Waals surface area contributed by atoms with Gasteiger partial charge in [0, 0.05) is 37.7 Å². The molecule has 0 fully saturated rings. The van der Waals surface area contributed by atoms with Crippen LogP contribution < -0.4 is 10.5 Å². The van der Waals surface area contributed by atoms with Crippen molar-refractivity contribution in [3.63, 3.8) is 0 Å². The molecule has 1 aliphatic heterocycles. The minimum absolute atomic E-state index is 0.0864. The van der Waals surface area contributed by atoms with Gasteiger partial charge in [-0.1, -0.05) is 0 Å². The quantitative estimate of drug-likeness (QED) is 0.884. The number of nitrogen functional groups attached to an aromatic ring is 1. The number of hydrogen-bond donors (Lipinski definition) is 1. The van der Waals surface area contributed by atoms with E-state index in [-0.39, 0.29) is 6.10 Å². The molecule has 1 aromatic carbocycles. The molecule has 2 N–H and O–H groups in total. The zero-order valence-electron chi connectivity index (χ0n) is 12.9. The van der Waals surface area contributed by atoms with Crippen LogP contribution in [0.15, 0.2) is 47.7 Å². The van der Waals surface area contributed by atoms with Crippen LogP contribution in [-0.4, -0.2) is 35.4 Å². The number of pyridine rings is 1. The number of anilines is 1. The summed E-state index contributed by atoms with van der Waals surface area (Å²) in [6, 6.07) is 9.63. The van der Waals surface area contributed by atoms with E-state index in [1.807, 2.05) is 56.7 Å².